The van der Waals surface area contributed by atoms with Gasteiger partial charge in [0.05, 0.1) is 18.3 Å². The normalized spacial score (nSPS) is 15.1. The van der Waals surface area contributed by atoms with Crippen molar-refractivity contribution in [3.05, 3.63) is 131 Å². The van der Waals surface area contributed by atoms with E-state index in [0.29, 0.717) is 22.5 Å². The number of H-pyrrole nitrogens is 2. The van der Waals surface area contributed by atoms with Gasteiger partial charge in [-0.1, -0.05) is 36.4 Å². The molecule has 228 valence electrons. The fraction of sp³-hybridized carbons (Fsp3) is 0.171. The minimum atomic E-state index is -5.13. The molecule has 0 spiro atoms. The van der Waals surface area contributed by atoms with Crippen LogP contribution in [0.3, 0.4) is 0 Å². The van der Waals surface area contributed by atoms with Gasteiger partial charge in [0.1, 0.15) is 5.82 Å². The first kappa shape index (κ1) is 28.7. The van der Waals surface area contributed by atoms with E-state index in [4.69, 9.17) is 4.42 Å². The van der Waals surface area contributed by atoms with E-state index < -0.39 is 41.4 Å². The van der Waals surface area contributed by atoms with Gasteiger partial charge in [-0.3, -0.25) is 4.79 Å². The Balaban J connectivity index is 1.45. The minimum Gasteiger partial charge on any atom is -0.459 e. The zero-order valence-electron chi connectivity index (χ0n) is 24.0. The third kappa shape index (κ3) is 4.82. The van der Waals surface area contributed by atoms with Crippen LogP contribution in [-0.4, -0.2) is 31.4 Å². The number of halogens is 4. The van der Waals surface area contributed by atoms with E-state index in [1.165, 1.54) is 30.7 Å². The number of nitrogens with one attached hydrogen (secondary N) is 2. The Morgan fingerprint density at radius 3 is 2.24 bits per heavy atom. The number of rotatable bonds is 7. The molecule has 3 aromatic carbocycles. The van der Waals surface area contributed by atoms with Crippen molar-refractivity contribution in [3.8, 4) is 11.3 Å². The van der Waals surface area contributed by atoms with E-state index >= 15 is 17.6 Å². The average molecular weight is 614 g/mol. The highest BCUT2D eigenvalue weighted by Gasteiger charge is 2.58. The van der Waals surface area contributed by atoms with Crippen LogP contribution < -0.4 is 5.43 Å². The smallest absolute Gasteiger partial charge is 0.418 e. The van der Waals surface area contributed by atoms with Gasteiger partial charge >= 0.3 is 6.18 Å². The van der Waals surface area contributed by atoms with Gasteiger partial charge in [0.25, 0.3) is 0 Å². The highest BCUT2D eigenvalue weighted by Crippen LogP contribution is 2.48. The third-order valence-electron chi connectivity index (χ3n) is 8.71. The minimum absolute atomic E-state index is 0.113. The first-order valence-electron chi connectivity index (χ1n) is 14.3. The van der Waals surface area contributed by atoms with Gasteiger partial charge in [0.15, 0.2) is 11.2 Å². The van der Waals surface area contributed by atoms with Gasteiger partial charge in [-0.2, -0.15) is 13.2 Å². The third-order valence-corrected chi connectivity index (χ3v) is 8.71. The molecule has 45 heavy (non-hydrogen) atoms. The number of hydrogen-bond acceptors (Lipinski definition) is 3. The van der Waals surface area contributed by atoms with Gasteiger partial charge in [0.2, 0.25) is 5.43 Å². The molecular formula is C35H27F4N3O3. The van der Waals surface area contributed by atoms with Crippen molar-refractivity contribution in [2.45, 2.75) is 37.1 Å². The molecule has 6 nitrogen and oxygen atoms in total. The van der Waals surface area contributed by atoms with Crippen LogP contribution in [0.4, 0.5) is 17.6 Å². The predicted octanol–water partition coefficient (Wildman–Crippen LogP) is 8.05. The quantitative estimate of drug-likeness (QED) is 0.159. The fourth-order valence-corrected chi connectivity index (χ4v) is 6.41. The van der Waals surface area contributed by atoms with Crippen molar-refractivity contribution >= 4 is 32.9 Å². The number of hydrogen-bond donors (Lipinski definition) is 3. The maximum Gasteiger partial charge on any atom is 0.418 e. The Kier molecular flexibility index (Phi) is 6.52. The summed E-state index contributed by atoms with van der Waals surface area (Å²) in [6.45, 7) is 0.633. The molecule has 2 unspecified atom stereocenters. The molecule has 0 amide bonds. The van der Waals surface area contributed by atoms with E-state index in [1.807, 2.05) is 42.5 Å². The first-order chi connectivity index (χ1) is 21.4. The van der Waals surface area contributed by atoms with Gasteiger partial charge < -0.3 is 24.1 Å². The molecule has 7 rings (SSSR count). The molecule has 0 saturated carbocycles. The van der Waals surface area contributed by atoms with Crippen LogP contribution in [0.1, 0.15) is 24.6 Å². The summed E-state index contributed by atoms with van der Waals surface area (Å²) in [5, 5.41) is 13.4. The van der Waals surface area contributed by atoms with Crippen LogP contribution in [0.5, 0.6) is 0 Å². The number of alkyl halides is 3. The molecule has 7 aromatic rings. The maximum absolute atomic E-state index is 15.2. The number of para-hydroxylation sites is 2. The van der Waals surface area contributed by atoms with Crippen LogP contribution in [0.2, 0.25) is 0 Å². The van der Waals surface area contributed by atoms with Crippen molar-refractivity contribution in [1.82, 2.24) is 14.5 Å². The molecule has 0 fully saturated rings. The number of pyridine rings is 1. The van der Waals surface area contributed by atoms with E-state index in [0.717, 1.165) is 26.9 Å². The summed E-state index contributed by atoms with van der Waals surface area (Å²) in [5.41, 5.74) is -2.29. The van der Waals surface area contributed by atoms with Crippen LogP contribution in [0.15, 0.2) is 113 Å². The number of furan rings is 1. The van der Waals surface area contributed by atoms with E-state index in [1.54, 1.807) is 31.2 Å². The Hall–Kier alpha value is -5.09. The molecule has 10 heteroatoms. The van der Waals surface area contributed by atoms with Gasteiger partial charge in [-0.15, -0.1) is 0 Å². The molecule has 0 bridgehead atoms. The summed E-state index contributed by atoms with van der Waals surface area (Å²) in [4.78, 5) is 18.8. The molecule has 0 aliphatic carbocycles. The second kappa shape index (κ2) is 10.2. The Labute approximate surface area is 253 Å². The maximum atomic E-state index is 15.2. The zero-order valence-corrected chi connectivity index (χ0v) is 24.0. The van der Waals surface area contributed by atoms with Crippen molar-refractivity contribution in [3.63, 3.8) is 0 Å². The number of benzene rings is 3. The van der Waals surface area contributed by atoms with E-state index in [9.17, 15) is 9.90 Å². The lowest BCUT2D eigenvalue weighted by Gasteiger charge is -2.40. The van der Waals surface area contributed by atoms with Gasteiger partial charge in [-0.05, 0) is 60.3 Å². The first-order valence-corrected chi connectivity index (χ1v) is 14.3. The lowest BCUT2D eigenvalue weighted by molar-refractivity contribution is -0.270. The monoisotopic (exact) mass is 613 g/mol. The Morgan fingerprint density at radius 1 is 0.867 bits per heavy atom. The molecular weight excluding hydrogens is 586 g/mol. The van der Waals surface area contributed by atoms with Crippen molar-refractivity contribution < 1.29 is 27.1 Å². The number of aromatic amines is 2. The van der Waals surface area contributed by atoms with Gasteiger partial charge in [-0.25, -0.2) is 4.39 Å². The van der Waals surface area contributed by atoms with E-state index in [2.05, 4.69) is 9.97 Å². The lowest BCUT2D eigenvalue weighted by Crippen LogP contribution is -2.53. The second-order valence-electron chi connectivity index (χ2n) is 11.7. The molecule has 4 heterocycles. The summed E-state index contributed by atoms with van der Waals surface area (Å²) < 4.78 is 67.0. The summed E-state index contributed by atoms with van der Waals surface area (Å²) >= 11 is 0. The largest absolute Gasteiger partial charge is 0.459 e. The number of nitrogens with zero attached hydrogens (tertiary/aromatic N) is 1. The summed E-state index contributed by atoms with van der Waals surface area (Å²) in [5.74, 6) is -0.636. The Bertz CT molecular complexity index is 2190. The predicted molar refractivity (Wildman–Crippen MR) is 165 cm³/mol. The molecule has 0 saturated heterocycles. The molecule has 0 aliphatic heterocycles. The van der Waals surface area contributed by atoms with Crippen LogP contribution in [-0.2, 0) is 12.0 Å². The number of fused-ring (bicyclic) bond motifs is 3. The van der Waals surface area contributed by atoms with Crippen molar-refractivity contribution in [2.75, 3.05) is 0 Å². The van der Waals surface area contributed by atoms with E-state index in [-0.39, 0.29) is 16.7 Å². The summed E-state index contributed by atoms with van der Waals surface area (Å²) in [6, 6.07) is 24.9. The van der Waals surface area contributed by atoms with Crippen LogP contribution >= 0.6 is 0 Å². The zero-order chi connectivity index (χ0) is 31.6. The molecule has 2 atom stereocenters. The lowest BCUT2D eigenvalue weighted by atomic mass is 9.69. The van der Waals surface area contributed by atoms with Crippen molar-refractivity contribution in [1.29, 1.82) is 0 Å². The number of aromatic nitrogens is 3. The standard InChI is InChI=1S/C35H27F4N3O3/c1-33(31-17-22-7-3-5-9-27(22)41-31,25-18-23(36)10-11-24(25)28-16-21-6-2-4-8-26(21)40-28)19-34(44,35(37,38)39)20-42-14-12-30(43)32-29(42)13-15-45-32/h2-18,40-41,44H,19-20H2,1H3. The molecule has 3 N–H and O–H groups in total. The molecule has 0 aliphatic rings. The Morgan fingerprint density at radius 2 is 1.56 bits per heavy atom. The SMILES string of the molecule is CC(CC(O)(Cn1ccc(=O)c2occc21)C(F)(F)F)(c1cc2ccccc2[nH]1)c1cc(F)ccc1-c1cc2ccccc2[nH]1. The average Bonchev–Trinajstić information content (AvgIpc) is 3.76. The highest BCUT2D eigenvalue weighted by molar-refractivity contribution is 5.87. The second-order valence-corrected chi connectivity index (χ2v) is 11.7. The van der Waals surface area contributed by atoms with Crippen molar-refractivity contribution in [2.24, 2.45) is 0 Å². The molecule has 0 radical (unpaired) electrons. The highest BCUT2D eigenvalue weighted by atomic mass is 19.4. The topological polar surface area (TPSA) is 86.9 Å². The van der Waals surface area contributed by atoms with Gasteiger partial charge in [0, 0.05) is 63.5 Å². The fourth-order valence-electron chi connectivity index (χ4n) is 6.41. The summed E-state index contributed by atoms with van der Waals surface area (Å²) in [6.07, 6.45) is -3.61. The van der Waals surface area contributed by atoms with Crippen LogP contribution in [0.25, 0.3) is 44.2 Å². The molecule has 4 aromatic heterocycles. The van der Waals surface area contributed by atoms with Crippen LogP contribution in [0, 0.1) is 5.82 Å². The number of aliphatic hydroxyl groups is 1. The summed E-state index contributed by atoms with van der Waals surface area (Å²) in [7, 11) is 0.